The molecule has 0 radical (unpaired) electrons. The van der Waals surface area contributed by atoms with Gasteiger partial charge in [0.25, 0.3) is 0 Å². The lowest BCUT2D eigenvalue weighted by atomic mass is 9.78. The van der Waals surface area contributed by atoms with E-state index in [2.05, 4.69) is 20.9 Å². The molecule has 3 aliphatic rings. The normalized spacial score (nSPS) is 26.9. The molecule has 1 aliphatic heterocycles. The molecule has 1 atom stereocenters. The number of halogens is 2. The van der Waals surface area contributed by atoms with E-state index >= 15 is 0 Å². The predicted octanol–water partition coefficient (Wildman–Crippen LogP) is 3.40. The molecule has 3 N–H and O–H groups in total. The predicted molar refractivity (Wildman–Crippen MR) is 122 cm³/mol. The zero-order chi connectivity index (χ0) is 23.9. The second-order valence-electron chi connectivity index (χ2n) is 10.2. The molecule has 2 fully saturated rings. The van der Waals surface area contributed by atoms with Crippen molar-refractivity contribution in [2.45, 2.75) is 89.8 Å². The molecule has 1 aromatic heterocycles. The van der Waals surface area contributed by atoms with Gasteiger partial charge in [-0.25, -0.2) is 23.5 Å². The molecule has 33 heavy (non-hydrogen) atoms. The lowest BCUT2D eigenvalue weighted by molar-refractivity contribution is -0.118. The van der Waals surface area contributed by atoms with Crippen LogP contribution in [-0.2, 0) is 11.2 Å². The second kappa shape index (κ2) is 9.02. The third-order valence-electron chi connectivity index (χ3n) is 7.11. The fourth-order valence-electron chi connectivity index (χ4n) is 5.24. The molecule has 0 spiro atoms. The van der Waals surface area contributed by atoms with Crippen molar-refractivity contribution in [2.24, 2.45) is 11.8 Å². The largest absolute Gasteiger partial charge is 0.346 e. The Morgan fingerprint density at radius 2 is 1.82 bits per heavy atom. The number of anilines is 2. The Morgan fingerprint density at radius 3 is 2.45 bits per heavy atom. The van der Waals surface area contributed by atoms with Gasteiger partial charge >= 0.3 is 6.03 Å². The third kappa shape index (κ3) is 5.19. The monoisotopic (exact) mass is 464 g/mol. The number of hydrogen-bond acceptors (Lipinski definition) is 5. The summed E-state index contributed by atoms with van der Waals surface area (Å²) in [7, 11) is 1.90. The maximum Gasteiger partial charge on any atom is 0.315 e. The first-order chi connectivity index (χ1) is 15.5. The molecule has 8 nitrogen and oxygen atoms in total. The van der Waals surface area contributed by atoms with Gasteiger partial charge in [0, 0.05) is 38.4 Å². The van der Waals surface area contributed by atoms with Crippen LogP contribution in [0.5, 0.6) is 0 Å². The van der Waals surface area contributed by atoms with Crippen LogP contribution in [0.4, 0.5) is 25.1 Å². The van der Waals surface area contributed by atoms with Crippen LogP contribution in [0.3, 0.4) is 0 Å². The van der Waals surface area contributed by atoms with Crippen LogP contribution in [0.25, 0.3) is 0 Å². The van der Waals surface area contributed by atoms with E-state index in [-0.39, 0.29) is 48.8 Å². The van der Waals surface area contributed by atoms with Gasteiger partial charge in [-0.3, -0.25) is 4.79 Å². The number of amides is 3. The molecule has 182 valence electrons. The van der Waals surface area contributed by atoms with E-state index in [9.17, 15) is 18.4 Å². The zero-order valence-electron chi connectivity index (χ0n) is 19.8. The van der Waals surface area contributed by atoms with E-state index < -0.39 is 5.92 Å². The van der Waals surface area contributed by atoms with Crippen LogP contribution in [0.1, 0.15) is 63.9 Å². The summed E-state index contributed by atoms with van der Waals surface area (Å²) < 4.78 is 26.5. The van der Waals surface area contributed by atoms with Crippen LogP contribution in [0, 0.1) is 18.8 Å². The molecule has 1 aromatic rings. The summed E-state index contributed by atoms with van der Waals surface area (Å²) in [5.41, 5.74) is 1.43. The van der Waals surface area contributed by atoms with Gasteiger partial charge < -0.3 is 20.9 Å². The van der Waals surface area contributed by atoms with E-state index in [0.717, 1.165) is 30.2 Å². The summed E-state index contributed by atoms with van der Waals surface area (Å²) in [6.07, 6.45) is 2.67. The van der Waals surface area contributed by atoms with Crippen LogP contribution in [-0.4, -0.2) is 53.0 Å². The highest BCUT2D eigenvalue weighted by Crippen LogP contribution is 2.36. The summed E-state index contributed by atoms with van der Waals surface area (Å²) in [6, 6.07) is -0.650. The lowest BCUT2D eigenvalue weighted by Crippen LogP contribution is -2.52. The Labute approximate surface area is 193 Å². The van der Waals surface area contributed by atoms with Crippen LogP contribution >= 0.6 is 0 Å². The molecule has 0 bridgehead atoms. The SMILES string of the molecule is Cc1nc(CC2CC(NC(=O)NC3CCC(F)(F)CC3)C2)nc2c1NC(=O)[C@H](C(C)C)N2C. The maximum atomic E-state index is 13.3. The zero-order valence-corrected chi connectivity index (χ0v) is 19.8. The van der Waals surface area contributed by atoms with E-state index in [1.807, 2.05) is 32.7 Å². The molecule has 4 rings (SSSR count). The van der Waals surface area contributed by atoms with Gasteiger partial charge in [-0.1, -0.05) is 13.8 Å². The maximum absolute atomic E-state index is 13.3. The number of urea groups is 1. The molecule has 0 aromatic carbocycles. The topological polar surface area (TPSA) is 99.2 Å². The fraction of sp³-hybridized carbons (Fsp3) is 0.739. The minimum Gasteiger partial charge on any atom is -0.346 e. The van der Waals surface area contributed by atoms with Gasteiger partial charge in [0.15, 0.2) is 5.82 Å². The highest BCUT2D eigenvalue weighted by Gasteiger charge is 2.38. The molecule has 0 unspecified atom stereocenters. The quantitative estimate of drug-likeness (QED) is 0.620. The van der Waals surface area contributed by atoms with Gasteiger partial charge in [0.1, 0.15) is 17.6 Å². The highest BCUT2D eigenvalue weighted by molar-refractivity contribution is 6.03. The number of carbonyl (C=O) groups excluding carboxylic acids is 2. The van der Waals surface area contributed by atoms with Gasteiger partial charge in [0.2, 0.25) is 11.8 Å². The average Bonchev–Trinajstić information content (AvgIpc) is 2.69. The van der Waals surface area contributed by atoms with Crippen molar-refractivity contribution >= 4 is 23.4 Å². The Hall–Kier alpha value is -2.52. The van der Waals surface area contributed by atoms with Crippen molar-refractivity contribution < 1.29 is 18.4 Å². The van der Waals surface area contributed by atoms with E-state index in [4.69, 9.17) is 4.98 Å². The van der Waals surface area contributed by atoms with Crippen molar-refractivity contribution in [2.75, 3.05) is 17.3 Å². The second-order valence-corrected chi connectivity index (χ2v) is 10.2. The van der Waals surface area contributed by atoms with E-state index in [1.165, 1.54) is 0 Å². The molecule has 2 aliphatic carbocycles. The number of nitrogens with zero attached hydrogens (tertiary/aromatic N) is 3. The van der Waals surface area contributed by atoms with Gasteiger partial charge in [-0.05, 0) is 44.4 Å². The lowest BCUT2D eigenvalue weighted by Gasteiger charge is -2.38. The van der Waals surface area contributed by atoms with E-state index in [1.54, 1.807) is 0 Å². The molecular weight excluding hydrogens is 430 g/mol. The minimum atomic E-state index is -2.59. The fourth-order valence-corrected chi connectivity index (χ4v) is 5.24. The molecule has 10 heteroatoms. The summed E-state index contributed by atoms with van der Waals surface area (Å²) in [5.74, 6) is -0.618. The number of fused-ring (bicyclic) bond motifs is 1. The van der Waals surface area contributed by atoms with Crippen molar-refractivity contribution in [1.29, 1.82) is 0 Å². The smallest absolute Gasteiger partial charge is 0.315 e. The number of aromatic nitrogens is 2. The molecular formula is C23H34F2N6O2. The van der Waals surface area contributed by atoms with Gasteiger partial charge in [0.05, 0.1) is 5.69 Å². The van der Waals surface area contributed by atoms with Crippen molar-refractivity contribution in [3.8, 4) is 0 Å². The number of carbonyl (C=O) groups is 2. The number of likely N-dealkylation sites (N-methyl/N-ethyl adjacent to an activating group) is 1. The minimum absolute atomic E-state index is 0.0347. The first-order valence-corrected chi connectivity index (χ1v) is 11.9. The summed E-state index contributed by atoms with van der Waals surface area (Å²) >= 11 is 0. The molecule has 3 amide bonds. The first-order valence-electron chi connectivity index (χ1n) is 11.9. The molecule has 2 heterocycles. The first kappa shape index (κ1) is 23.6. The summed E-state index contributed by atoms with van der Waals surface area (Å²) in [5, 5.41) is 8.76. The van der Waals surface area contributed by atoms with Gasteiger partial charge in [-0.15, -0.1) is 0 Å². The Balaban J connectivity index is 1.28. The Morgan fingerprint density at radius 1 is 1.18 bits per heavy atom. The number of nitrogens with one attached hydrogen (secondary N) is 3. The van der Waals surface area contributed by atoms with Crippen molar-refractivity contribution in [3.63, 3.8) is 0 Å². The average molecular weight is 465 g/mol. The van der Waals surface area contributed by atoms with Crippen LogP contribution in [0.15, 0.2) is 0 Å². The van der Waals surface area contributed by atoms with Crippen molar-refractivity contribution in [1.82, 2.24) is 20.6 Å². The summed E-state index contributed by atoms with van der Waals surface area (Å²) in [6.45, 7) is 5.91. The highest BCUT2D eigenvalue weighted by atomic mass is 19.3. The number of hydrogen-bond donors (Lipinski definition) is 3. The van der Waals surface area contributed by atoms with Gasteiger partial charge in [-0.2, -0.15) is 0 Å². The molecule has 0 saturated heterocycles. The standard InChI is InChI=1S/C23H34F2N6O2/c1-12(2)19-21(32)30-18-13(3)26-17(29-20(18)31(19)4)11-14-9-16(10-14)28-22(33)27-15-5-7-23(24,25)8-6-15/h12,14-16,19H,5-11H2,1-4H3,(H,30,32)(H2,27,28,33)/t14?,16?,19-/m0/s1. The summed E-state index contributed by atoms with van der Waals surface area (Å²) in [4.78, 5) is 36.0. The Bertz CT molecular complexity index is 908. The van der Waals surface area contributed by atoms with Crippen LogP contribution < -0.4 is 20.9 Å². The Kier molecular flexibility index (Phi) is 6.46. The van der Waals surface area contributed by atoms with E-state index in [0.29, 0.717) is 30.9 Å². The van der Waals surface area contributed by atoms with Crippen LogP contribution in [0.2, 0.25) is 0 Å². The number of alkyl halides is 2. The third-order valence-corrected chi connectivity index (χ3v) is 7.11. The molecule has 2 saturated carbocycles. The number of aryl methyl sites for hydroxylation is 1. The number of rotatable bonds is 5. The van der Waals surface area contributed by atoms with Crippen molar-refractivity contribution in [3.05, 3.63) is 11.5 Å².